The van der Waals surface area contributed by atoms with E-state index in [2.05, 4.69) is 4.72 Å². The van der Waals surface area contributed by atoms with Crippen molar-refractivity contribution in [3.8, 4) is 0 Å². The Labute approximate surface area is 141 Å². The summed E-state index contributed by atoms with van der Waals surface area (Å²) in [5.74, 6) is -1.46. The van der Waals surface area contributed by atoms with Crippen LogP contribution in [-0.2, 0) is 21.0 Å². The zero-order chi connectivity index (χ0) is 18.1. The van der Waals surface area contributed by atoms with Crippen LogP contribution in [0.2, 0.25) is 5.02 Å². The summed E-state index contributed by atoms with van der Waals surface area (Å²) in [6.45, 7) is 0. The molecular formula is C14H15ClF3NO4S. The molecule has 1 aromatic carbocycles. The van der Waals surface area contributed by atoms with E-state index in [1.54, 1.807) is 0 Å². The first kappa shape index (κ1) is 19.0. The minimum atomic E-state index is -4.69. The van der Waals surface area contributed by atoms with Gasteiger partial charge >= 0.3 is 12.1 Å². The van der Waals surface area contributed by atoms with Gasteiger partial charge in [-0.25, -0.2) is 13.1 Å². The lowest BCUT2D eigenvalue weighted by Gasteiger charge is -2.26. The summed E-state index contributed by atoms with van der Waals surface area (Å²) < 4.78 is 65.2. The molecule has 0 atom stereocenters. The van der Waals surface area contributed by atoms with Gasteiger partial charge in [-0.2, -0.15) is 13.2 Å². The molecule has 0 amide bonds. The quantitative estimate of drug-likeness (QED) is 0.833. The molecule has 2 N–H and O–H groups in total. The van der Waals surface area contributed by atoms with E-state index < -0.39 is 44.6 Å². The molecule has 0 aliphatic heterocycles. The second-order valence-electron chi connectivity index (χ2n) is 5.65. The number of rotatable bonds is 4. The summed E-state index contributed by atoms with van der Waals surface area (Å²) in [7, 11) is -4.24. The maximum absolute atomic E-state index is 12.8. The lowest BCUT2D eigenvalue weighted by molar-refractivity contribution is -0.143. The number of sulfonamides is 1. The molecule has 0 spiro atoms. The Balaban J connectivity index is 2.18. The fraction of sp³-hybridized carbons (Fsp3) is 0.500. The molecule has 0 heterocycles. The first-order valence-electron chi connectivity index (χ1n) is 7.12. The summed E-state index contributed by atoms with van der Waals surface area (Å²) in [5, 5.41) is 8.61. The predicted molar refractivity (Wildman–Crippen MR) is 80.2 cm³/mol. The third kappa shape index (κ3) is 4.40. The molecule has 0 aromatic heterocycles. The molecule has 10 heteroatoms. The minimum absolute atomic E-state index is 0.298. The van der Waals surface area contributed by atoms with Crippen LogP contribution in [0.3, 0.4) is 0 Å². The topological polar surface area (TPSA) is 83.5 Å². The van der Waals surface area contributed by atoms with Gasteiger partial charge in [-0.05, 0) is 43.9 Å². The smallest absolute Gasteiger partial charge is 0.416 e. The summed E-state index contributed by atoms with van der Waals surface area (Å²) in [6.07, 6.45) is -3.48. The van der Waals surface area contributed by atoms with Crippen molar-refractivity contribution in [2.45, 2.75) is 42.8 Å². The zero-order valence-electron chi connectivity index (χ0n) is 12.3. The molecule has 0 bridgehead atoms. The molecule has 1 aliphatic carbocycles. The molecule has 1 aromatic rings. The summed E-state index contributed by atoms with van der Waals surface area (Å²) in [4.78, 5) is 10.2. The van der Waals surface area contributed by atoms with E-state index in [1.807, 2.05) is 0 Å². The average Bonchev–Trinajstić information content (AvgIpc) is 2.46. The van der Waals surface area contributed by atoms with Crippen LogP contribution in [0.5, 0.6) is 0 Å². The number of benzene rings is 1. The molecule has 2 rings (SSSR count). The maximum atomic E-state index is 12.8. The lowest BCUT2D eigenvalue weighted by atomic mass is 9.87. The molecule has 5 nitrogen and oxygen atoms in total. The number of halogens is 4. The number of nitrogens with one attached hydrogen (secondary N) is 1. The van der Waals surface area contributed by atoms with Crippen molar-refractivity contribution in [3.05, 3.63) is 28.8 Å². The zero-order valence-corrected chi connectivity index (χ0v) is 13.9. The summed E-state index contributed by atoms with van der Waals surface area (Å²) >= 11 is 5.75. The molecule has 0 unspecified atom stereocenters. The number of hydrogen-bond acceptors (Lipinski definition) is 3. The first-order valence-corrected chi connectivity index (χ1v) is 8.98. The summed E-state index contributed by atoms with van der Waals surface area (Å²) in [6, 6.07) is 1.56. The maximum Gasteiger partial charge on any atom is 0.416 e. The molecule has 134 valence electrons. The Morgan fingerprint density at radius 3 is 2.29 bits per heavy atom. The van der Waals surface area contributed by atoms with Gasteiger partial charge in [0.25, 0.3) is 0 Å². The second kappa shape index (κ2) is 6.89. The molecule has 0 saturated heterocycles. The third-order valence-electron chi connectivity index (χ3n) is 3.95. The van der Waals surface area contributed by atoms with Gasteiger partial charge in [0.15, 0.2) is 0 Å². The van der Waals surface area contributed by atoms with E-state index in [-0.39, 0.29) is 5.02 Å². The van der Waals surface area contributed by atoms with E-state index in [4.69, 9.17) is 16.7 Å². The fourth-order valence-corrected chi connectivity index (χ4v) is 4.46. The normalized spacial score (nSPS) is 22.3. The Hall–Kier alpha value is -1.32. The van der Waals surface area contributed by atoms with Crippen LogP contribution in [0.4, 0.5) is 13.2 Å². The van der Waals surface area contributed by atoms with Crippen molar-refractivity contribution in [2.75, 3.05) is 0 Å². The van der Waals surface area contributed by atoms with Crippen molar-refractivity contribution in [2.24, 2.45) is 5.92 Å². The highest BCUT2D eigenvalue weighted by atomic mass is 35.5. The van der Waals surface area contributed by atoms with Crippen LogP contribution in [0, 0.1) is 5.92 Å². The highest BCUT2D eigenvalue weighted by Crippen LogP contribution is 2.34. The largest absolute Gasteiger partial charge is 0.481 e. The molecule has 0 radical (unpaired) electrons. The van der Waals surface area contributed by atoms with E-state index in [0.717, 1.165) is 6.07 Å². The van der Waals surface area contributed by atoms with Crippen molar-refractivity contribution in [1.29, 1.82) is 0 Å². The first-order chi connectivity index (χ1) is 11.0. The van der Waals surface area contributed by atoms with Gasteiger partial charge < -0.3 is 5.11 Å². The molecule has 1 saturated carbocycles. The number of carboxylic acids is 1. The van der Waals surface area contributed by atoms with Gasteiger partial charge in [-0.3, -0.25) is 4.79 Å². The Morgan fingerprint density at radius 2 is 1.79 bits per heavy atom. The Kier molecular flexibility index (Phi) is 5.46. The van der Waals surface area contributed by atoms with Gasteiger partial charge in [-0.15, -0.1) is 0 Å². The van der Waals surface area contributed by atoms with E-state index in [0.29, 0.717) is 37.8 Å². The van der Waals surface area contributed by atoms with Gasteiger partial charge in [0.2, 0.25) is 10.0 Å². The third-order valence-corrected chi connectivity index (χ3v) is 5.95. The van der Waals surface area contributed by atoms with Crippen molar-refractivity contribution in [1.82, 2.24) is 4.72 Å². The lowest BCUT2D eigenvalue weighted by Crippen LogP contribution is -2.38. The van der Waals surface area contributed by atoms with Gasteiger partial charge in [0.05, 0.1) is 16.5 Å². The van der Waals surface area contributed by atoms with Crippen molar-refractivity contribution < 1.29 is 31.5 Å². The summed E-state index contributed by atoms with van der Waals surface area (Å²) in [5.41, 5.74) is -1.11. The molecular weight excluding hydrogens is 371 g/mol. The van der Waals surface area contributed by atoms with Gasteiger partial charge in [0.1, 0.15) is 4.90 Å². The predicted octanol–water partition coefficient (Wildman–Crippen LogP) is 3.28. The van der Waals surface area contributed by atoms with Crippen LogP contribution >= 0.6 is 11.6 Å². The minimum Gasteiger partial charge on any atom is -0.481 e. The number of carboxylic acid groups (broad SMARTS) is 1. The highest BCUT2D eigenvalue weighted by Gasteiger charge is 2.34. The van der Waals surface area contributed by atoms with Crippen LogP contribution in [0.1, 0.15) is 31.2 Å². The Morgan fingerprint density at radius 1 is 1.21 bits per heavy atom. The van der Waals surface area contributed by atoms with Crippen LogP contribution in [0.25, 0.3) is 0 Å². The van der Waals surface area contributed by atoms with Gasteiger partial charge in [0, 0.05) is 6.04 Å². The van der Waals surface area contributed by atoms with Crippen molar-refractivity contribution in [3.63, 3.8) is 0 Å². The Bertz CT molecular complexity index is 728. The van der Waals surface area contributed by atoms with E-state index >= 15 is 0 Å². The fourth-order valence-electron chi connectivity index (χ4n) is 2.63. The number of hydrogen-bond donors (Lipinski definition) is 2. The van der Waals surface area contributed by atoms with Crippen molar-refractivity contribution >= 4 is 27.6 Å². The average molecular weight is 386 g/mol. The standard InChI is InChI=1S/C14H15ClF3NO4S/c15-11-6-3-9(14(16,17)18)7-12(11)24(22,23)19-10-4-1-8(2-5-10)13(20)21/h3,6-8,10,19H,1-2,4-5H2,(H,20,21). The highest BCUT2D eigenvalue weighted by molar-refractivity contribution is 7.89. The molecule has 24 heavy (non-hydrogen) atoms. The van der Waals surface area contributed by atoms with E-state index in [9.17, 15) is 26.4 Å². The van der Waals surface area contributed by atoms with Gasteiger partial charge in [-0.1, -0.05) is 11.6 Å². The number of alkyl halides is 3. The van der Waals surface area contributed by atoms with Crippen LogP contribution < -0.4 is 4.72 Å². The van der Waals surface area contributed by atoms with Crippen LogP contribution in [-0.4, -0.2) is 25.5 Å². The molecule has 1 fully saturated rings. The van der Waals surface area contributed by atoms with Crippen LogP contribution in [0.15, 0.2) is 23.1 Å². The second-order valence-corrected chi connectivity index (χ2v) is 7.74. The van der Waals surface area contributed by atoms with E-state index in [1.165, 1.54) is 0 Å². The SMILES string of the molecule is O=C(O)C1CCC(NS(=O)(=O)c2cc(C(F)(F)F)ccc2Cl)CC1. The molecule has 1 aliphatic rings. The number of aliphatic carboxylic acids is 1. The monoisotopic (exact) mass is 385 g/mol. The number of carbonyl (C=O) groups is 1.